The van der Waals surface area contributed by atoms with Crippen molar-refractivity contribution < 1.29 is 19.1 Å². The normalized spacial score (nSPS) is 17.8. The maximum Gasteiger partial charge on any atom is 0.265 e. The first-order valence-electron chi connectivity index (χ1n) is 7.55. The third-order valence-electron chi connectivity index (χ3n) is 3.88. The molecule has 0 aromatic heterocycles. The third kappa shape index (κ3) is 3.41. The summed E-state index contributed by atoms with van der Waals surface area (Å²) in [7, 11) is 3.06. The molecule has 1 unspecified atom stereocenters. The Bertz CT molecular complexity index is 715. The van der Waals surface area contributed by atoms with Gasteiger partial charge in [0.25, 0.3) is 11.8 Å². The van der Waals surface area contributed by atoms with E-state index in [1.165, 1.54) is 18.1 Å². The van der Waals surface area contributed by atoms with Crippen molar-refractivity contribution in [3.63, 3.8) is 0 Å². The van der Waals surface area contributed by atoms with Crippen LogP contribution in [0.15, 0.2) is 23.8 Å². The SMILES string of the molecule is CCC(C)N1C(=O)C(=Cc2ccc(OC)c(OC)c2)C(=O)NC1=S. The van der Waals surface area contributed by atoms with E-state index >= 15 is 0 Å². The van der Waals surface area contributed by atoms with Gasteiger partial charge in [0, 0.05) is 6.04 Å². The number of hydrogen-bond donors (Lipinski definition) is 1. The van der Waals surface area contributed by atoms with Crippen molar-refractivity contribution in [1.82, 2.24) is 10.2 Å². The van der Waals surface area contributed by atoms with E-state index in [0.29, 0.717) is 17.1 Å². The summed E-state index contributed by atoms with van der Waals surface area (Å²) in [6.07, 6.45) is 2.25. The van der Waals surface area contributed by atoms with Crippen LogP contribution in [0.2, 0.25) is 0 Å². The van der Waals surface area contributed by atoms with Crippen LogP contribution in [0.4, 0.5) is 0 Å². The van der Waals surface area contributed by atoms with Gasteiger partial charge in [-0.3, -0.25) is 19.8 Å². The molecule has 0 aliphatic carbocycles. The molecule has 1 aromatic rings. The Labute approximate surface area is 146 Å². The van der Waals surface area contributed by atoms with Gasteiger partial charge in [-0.1, -0.05) is 13.0 Å². The maximum atomic E-state index is 12.7. The van der Waals surface area contributed by atoms with Gasteiger partial charge in [0.1, 0.15) is 5.57 Å². The molecule has 1 aliphatic rings. The quantitative estimate of drug-likeness (QED) is 0.502. The molecule has 128 valence electrons. The summed E-state index contributed by atoms with van der Waals surface area (Å²) in [5.41, 5.74) is 0.694. The lowest BCUT2D eigenvalue weighted by molar-refractivity contribution is -0.130. The van der Waals surface area contributed by atoms with Crippen molar-refractivity contribution in [3.05, 3.63) is 29.3 Å². The minimum atomic E-state index is -0.501. The molecule has 0 saturated carbocycles. The van der Waals surface area contributed by atoms with Crippen LogP contribution >= 0.6 is 12.2 Å². The number of hydrogen-bond acceptors (Lipinski definition) is 5. The molecule has 6 nitrogen and oxygen atoms in total. The summed E-state index contributed by atoms with van der Waals surface area (Å²) in [6, 6.07) is 5.06. The predicted molar refractivity (Wildman–Crippen MR) is 94.9 cm³/mol. The van der Waals surface area contributed by atoms with Gasteiger partial charge in [0.15, 0.2) is 16.6 Å². The van der Waals surface area contributed by atoms with Gasteiger partial charge in [-0.25, -0.2) is 0 Å². The topological polar surface area (TPSA) is 67.9 Å². The Morgan fingerprint density at radius 1 is 1.25 bits per heavy atom. The lowest BCUT2D eigenvalue weighted by Crippen LogP contribution is -2.56. The Morgan fingerprint density at radius 2 is 1.92 bits per heavy atom. The predicted octanol–water partition coefficient (Wildman–Crippen LogP) is 2.13. The molecule has 1 atom stereocenters. The highest BCUT2D eigenvalue weighted by atomic mass is 32.1. The maximum absolute atomic E-state index is 12.7. The van der Waals surface area contributed by atoms with Crippen molar-refractivity contribution in [3.8, 4) is 11.5 Å². The molecule has 1 fully saturated rings. The van der Waals surface area contributed by atoms with Gasteiger partial charge >= 0.3 is 0 Å². The van der Waals surface area contributed by atoms with Crippen LogP contribution in [0.1, 0.15) is 25.8 Å². The summed E-state index contributed by atoms with van der Waals surface area (Å²) in [5, 5.41) is 2.71. The second-order valence-electron chi connectivity index (χ2n) is 5.36. The van der Waals surface area contributed by atoms with Crippen LogP contribution in [0.5, 0.6) is 11.5 Å². The highest BCUT2D eigenvalue weighted by molar-refractivity contribution is 7.80. The van der Waals surface area contributed by atoms with Crippen LogP contribution in [0, 0.1) is 0 Å². The van der Waals surface area contributed by atoms with Gasteiger partial charge in [-0.05, 0) is 49.3 Å². The van der Waals surface area contributed by atoms with Crippen LogP contribution in [-0.2, 0) is 9.59 Å². The van der Waals surface area contributed by atoms with Gasteiger partial charge < -0.3 is 9.47 Å². The smallest absolute Gasteiger partial charge is 0.265 e. The largest absolute Gasteiger partial charge is 0.493 e. The van der Waals surface area contributed by atoms with Gasteiger partial charge in [-0.2, -0.15) is 0 Å². The second-order valence-corrected chi connectivity index (χ2v) is 5.75. The fourth-order valence-electron chi connectivity index (χ4n) is 2.36. The number of methoxy groups -OCH3 is 2. The number of nitrogens with zero attached hydrogens (tertiary/aromatic N) is 1. The van der Waals surface area contributed by atoms with E-state index in [4.69, 9.17) is 21.7 Å². The van der Waals surface area contributed by atoms with Crippen molar-refractivity contribution >= 4 is 35.2 Å². The number of nitrogens with one attached hydrogen (secondary N) is 1. The fourth-order valence-corrected chi connectivity index (χ4v) is 2.72. The minimum Gasteiger partial charge on any atom is -0.493 e. The molecular formula is C17H20N2O4S. The number of carbonyl (C=O) groups is 2. The number of thiocarbonyl (C=S) groups is 1. The molecule has 0 radical (unpaired) electrons. The van der Waals surface area contributed by atoms with Gasteiger partial charge in [0.05, 0.1) is 14.2 Å². The summed E-state index contributed by atoms with van der Waals surface area (Å²) >= 11 is 5.12. The molecule has 0 bridgehead atoms. The number of rotatable bonds is 5. The number of amides is 2. The van der Waals surface area contributed by atoms with Crippen molar-refractivity contribution in [2.45, 2.75) is 26.3 Å². The first-order valence-corrected chi connectivity index (χ1v) is 7.96. The first-order chi connectivity index (χ1) is 11.4. The number of benzene rings is 1. The molecule has 2 rings (SSSR count). The van der Waals surface area contributed by atoms with Gasteiger partial charge in [-0.15, -0.1) is 0 Å². The fraction of sp³-hybridized carbons (Fsp3) is 0.353. The average Bonchev–Trinajstić information content (AvgIpc) is 2.57. The second kappa shape index (κ2) is 7.44. The van der Waals surface area contributed by atoms with E-state index in [-0.39, 0.29) is 16.7 Å². The minimum absolute atomic E-state index is 0.0381. The molecule has 1 N–H and O–H groups in total. The summed E-state index contributed by atoms with van der Waals surface area (Å²) in [6.45, 7) is 3.84. The number of ether oxygens (including phenoxy) is 2. The lowest BCUT2D eigenvalue weighted by atomic mass is 10.1. The zero-order valence-corrected chi connectivity index (χ0v) is 14.9. The highest BCUT2D eigenvalue weighted by Crippen LogP contribution is 2.29. The van der Waals surface area contributed by atoms with Crippen LogP contribution < -0.4 is 14.8 Å². The van der Waals surface area contributed by atoms with Crippen molar-refractivity contribution in [1.29, 1.82) is 0 Å². The van der Waals surface area contributed by atoms with E-state index in [0.717, 1.165) is 6.42 Å². The standard InChI is InChI=1S/C17H20N2O4S/c1-5-10(2)19-16(21)12(15(20)18-17(19)24)8-11-6-7-13(22-3)14(9-11)23-4/h6-10H,5H2,1-4H3,(H,18,20,24). The number of carbonyl (C=O) groups excluding carboxylic acids is 2. The lowest BCUT2D eigenvalue weighted by Gasteiger charge is -2.33. The average molecular weight is 348 g/mol. The van der Waals surface area contributed by atoms with E-state index in [1.54, 1.807) is 25.3 Å². The molecule has 1 saturated heterocycles. The van der Waals surface area contributed by atoms with Crippen molar-refractivity contribution in [2.24, 2.45) is 0 Å². The highest BCUT2D eigenvalue weighted by Gasteiger charge is 2.35. The van der Waals surface area contributed by atoms with E-state index in [1.807, 2.05) is 13.8 Å². The van der Waals surface area contributed by atoms with Crippen molar-refractivity contribution in [2.75, 3.05) is 14.2 Å². The van der Waals surface area contributed by atoms with E-state index < -0.39 is 11.8 Å². The van der Waals surface area contributed by atoms with Crippen LogP contribution in [-0.4, -0.2) is 42.1 Å². The molecule has 2 amide bonds. The third-order valence-corrected chi connectivity index (χ3v) is 4.18. The summed E-state index contributed by atoms with van der Waals surface area (Å²) in [4.78, 5) is 26.3. The molecule has 7 heteroatoms. The Kier molecular flexibility index (Phi) is 5.56. The van der Waals surface area contributed by atoms with E-state index in [9.17, 15) is 9.59 Å². The molecular weight excluding hydrogens is 328 g/mol. The molecule has 24 heavy (non-hydrogen) atoms. The molecule has 0 spiro atoms. The Morgan fingerprint density at radius 3 is 2.50 bits per heavy atom. The Hall–Kier alpha value is -2.41. The summed E-state index contributed by atoms with van der Waals surface area (Å²) in [5.74, 6) is 0.193. The molecule has 1 aliphatic heterocycles. The Balaban J connectivity index is 2.42. The van der Waals surface area contributed by atoms with Gasteiger partial charge in [0.2, 0.25) is 0 Å². The zero-order valence-electron chi connectivity index (χ0n) is 14.1. The molecule has 1 aromatic carbocycles. The monoisotopic (exact) mass is 348 g/mol. The zero-order chi connectivity index (χ0) is 17.9. The van der Waals surface area contributed by atoms with E-state index in [2.05, 4.69) is 5.32 Å². The summed E-state index contributed by atoms with van der Waals surface area (Å²) < 4.78 is 10.4. The molecule has 1 heterocycles. The van der Waals surface area contributed by atoms with Crippen LogP contribution in [0.25, 0.3) is 6.08 Å². The van der Waals surface area contributed by atoms with Crippen LogP contribution in [0.3, 0.4) is 0 Å². The first kappa shape index (κ1) is 17.9.